The van der Waals surface area contributed by atoms with Crippen LogP contribution in [0.15, 0.2) is 36.5 Å². The van der Waals surface area contributed by atoms with Gasteiger partial charge in [-0.1, -0.05) is 29.3 Å². The van der Waals surface area contributed by atoms with Gasteiger partial charge in [-0.2, -0.15) is 0 Å². The molecule has 0 aliphatic carbocycles. The number of nitrogens with one attached hydrogen (secondary N) is 1. The molecule has 2 aromatic rings. The number of amides is 1. The summed E-state index contributed by atoms with van der Waals surface area (Å²) in [6.45, 7) is 3.52. The number of anilines is 1. The molecule has 1 amide bonds. The molecule has 1 fully saturated rings. The number of ether oxygens (including phenoxy) is 1. The third-order valence-corrected chi connectivity index (χ3v) is 4.32. The Labute approximate surface area is 150 Å². The van der Waals surface area contributed by atoms with Crippen molar-refractivity contribution in [1.29, 1.82) is 0 Å². The fourth-order valence-corrected chi connectivity index (χ4v) is 2.95. The molecule has 0 atom stereocenters. The van der Waals surface area contributed by atoms with Gasteiger partial charge in [-0.25, -0.2) is 4.98 Å². The SMILES string of the molecule is O=C(NCc1ccc(N2CCOCC2)nc1)c1ccc(Cl)cc1Cl. The lowest BCUT2D eigenvalue weighted by atomic mass is 10.2. The molecule has 1 aromatic carbocycles. The fourth-order valence-electron chi connectivity index (χ4n) is 2.45. The highest BCUT2D eigenvalue weighted by molar-refractivity contribution is 6.36. The number of carbonyl (C=O) groups excluding carboxylic acids is 1. The Hall–Kier alpha value is -1.82. The number of morpholine rings is 1. The number of halogens is 2. The van der Waals surface area contributed by atoms with Crippen LogP contribution in [0.25, 0.3) is 0 Å². The standard InChI is InChI=1S/C17H17Cl2N3O2/c18-13-2-3-14(15(19)9-13)17(23)21-11-12-1-4-16(20-10-12)22-5-7-24-8-6-22/h1-4,9-10H,5-8,11H2,(H,21,23). The van der Waals surface area contributed by atoms with Crippen LogP contribution in [-0.2, 0) is 11.3 Å². The van der Waals surface area contributed by atoms with Gasteiger partial charge >= 0.3 is 0 Å². The van der Waals surface area contributed by atoms with Crippen LogP contribution < -0.4 is 10.2 Å². The lowest BCUT2D eigenvalue weighted by molar-refractivity contribution is 0.0951. The highest BCUT2D eigenvalue weighted by Crippen LogP contribution is 2.21. The van der Waals surface area contributed by atoms with Crippen LogP contribution in [0.2, 0.25) is 10.0 Å². The molecule has 126 valence electrons. The lowest BCUT2D eigenvalue weighted by Gasteiger charge is -2.27. The molecule has 0 radical (unpaired) electrons. The number of hydrogen-bond acceptors (Lipinski definition) is 4. The molecule has 0 saturated carbocycles. The number of aromatic nitrogens is 1. The van der Waals surface area contributed by atoms with E-state index in [2.05, 4.69) is 15.2 Å². The van der Waals surface area contributed by atoms with E-state index in [1.807, 2.05) is 12.1 Å². The molecule has 2 heterocycles. The molecule has 1 aliphatic rings. The van der Waals surface area contributed by atoms with Crippen LogP contribution in [0.3, 0.4) is 0 Å². The first kappa shape index (κ1) is 17.0. The van der Waals surface area contributed by atoms with Gasteiger partial charge in [0.25, 0.3) is 5.91 Å². The van der Waals surface area contributed by atoms with Gasteiger partial charge < -0.3 is 15.0 Å². The summed E-state index contributed by atoms with van der Waals surface area (Å²) in [6.07, 6.45) is 1.77. The van der Waals surface area contributed by atoms with Gasteiger partial charge in [-0.3, -0.25) is 4.79 Å². The average Bonchev–Trinajstić information content (AvgIpc) is 2.61. The minimum Gasteiger partial charge on any atom is -0.378 e. The largest absolute Gasteiger partial charge is 0.378 e. The van der Waals surface area contributed by atoms with E-state index >= 15 is 0 Å². The Morgan fingerprint density at radius 2 is 2.00 bits per heavy atom. The summed E-state index contributed by atoms with van der Waals surface area (Å²) in [5.74, 6) is 0.683. The first-order valence-corrected chi connectivity index (χ1v) is 8.40. The summed E-state index contributed by atoms with van der Waals surface area (Å²) in [7, 11) is 0. The summed E-state index contributed by atoms with van der Waals surface area (Å²) in [6, 6.07) is 8.72. The van der Waals surface area contributed by atoms with E-state index in [0.29, 0.717) is 22.2 Å². The summed E-state index contributed by atoms with van der Waals surface area (Å²) in [5, 5.41) is 3.67. The number of rotatable bonds is 4. The van der Waals surface area contributed by atoms with Gasteiger partial charge in [0.15, 0.2) is 0 Å². The molecule has 24 heavy (non-hydrogen) atoms. The summed E-state index contributed by atoms with van der Waals surface area (Å²) in [5.41, 5.74) is 1.32. The highest BCUT2D eigenvalue weighted by atomic mass is 35.5. The molecule has 1 N–H and O–H groups in total. The maximum absolute atomic E-state index is 12.2. The van der Waals surface area contributed by atoms with Crippen LogP contribution in [-0.4, -0.2) is 37.2 Å². The zero-order valence-electron chi connectivity index (χ0n) is 13.0. The van der Waals surface area contributed by atoms with Crippen molar-refractivity contribution in [3.63, 3.8) is 0 Å². The predicted molar refractivity (Wildman–Crippen MR) is 94.9 cm³/mol. The van der Waals surface area contributed by atoms with Crippen LogP contribution in [0.5, 0.6) is 0 Å². The molecule has 1 aromatic heterocycles. The number of carbonyl (C=O) groups is 1. The van der Waals surface area contributed by atoms with Crippen molar-refractivity contribution in [2.45, 2.75) is 6.54 Å². The Kier molecular flexibility index (Phi) is 5.56. The molecule has 5 nitrogen and oxygen atoms in total. The molecule has 0 bridgehead atoms. The summed E-state index contributed by atoms with van der Waals surface area (Å²) >= 11 is 11.9. The van der Waals surface area contributed by atoms with Gasteiger partial charge in [0, 0.05) is 30.9 Å². The highest BCUT2D eigenvalue weighted by Gasteiger charge is 2.13. The minimum absolute atomic E-state index is 0.242. The van der Waals surface area contributed by atoms with Crippen molar-refractivity contribution >= 4 is 34.9 Å². The Morgan fingerprint density at radius 3 is 2.67 bits per heavy atom. The minimum atomic E-state index is -0.242. The van der Waals surface area contributed by atoms with Gasteiger partial charge in [-0.15, -0.1) is 0 Å². The van der Waals surface area contributed by atoms with Crippen molar-refractivity contribution < 1.29 is 9.53 Å². The molecule has 0 spiro atoms. The molecular weight excluding hydrogens is 349 g/mol. The van der Waals surface area contributed by atoms with Crippen LogP contribution >= 0.6 is 23.2 Å². The normalized spacial score (nSPS) is 14.5. The zero-order valence-corrected chi connectivity index (χ0v) is 14.5. The Balaban J connectivity index is 1.59. The van der Waals surface area contributed by atoms with Crippen LogP contribution in [0.4, 0.5) is 5.82 Å². The number of hydrogen-bond donors (Lipinski definition) is 1. The second-order valence-corrected chi connectivity index (χ2v) is 6.27. The molecule has 1 saturated heterocycles. The maximum Gasteiger partial charge on any atom is 0.253 e. The van der Waals surface area contributed by atoms with Gasteiger partial charge in [0.05, 0.1) is 23.8 Å². The number of benzene rings is 1. The maximum atomic E-state index is 12.2. The van der Waals surface area contributed by atoms with Crippen molar-refractivity contribution in [3.8, 4) is 0 Å². The molecular formula is C17H17Cl2N3O2. The van der Waals surface area contributed by atoms with E-state index < -0.39 is 0 Å². The Morgan fingerprint density at radius 1 is 1.21 bits per heavy atom. The second kappa shape index (κ2) is 7.83. The number of pyridine rings is 1. The van der Waals surface area contributed by atoms with Crippen molar-refractivity contribution in [2.75, 3.05) is 31.2 Å². The van der Waals surface area contributed by atoms with Gasteiger partial charge in [0.2, 0.25) is 0 Å². The molecule has 0 unspecified atom stereocenters. The summed E-state index contributed by atoms with van der Waals surface area (Å²) in [4.78, 5) is 18.8. The summed E-state index contributed by atoms with van der Waals surface area (Å²) < 4.78 is 5.33. The first-order chi connectivity index (χ1) is 11.6. The van der Waals surface area contributed by atoms with Crippen LogP contribution in [0.1, 0.15) is 15.9 Å². The van der Waals surface area contributed by atoms with Crippen molar-refractivity contribution in [1.82, 2.24) is 10.3 Å². The van der Waals surface area contributed by atoms with Crippen molar-refractivity contribution in [2.24, 2.45) is 0 Å². The Bertz CT molecular complexity index is 716. The first-order valence-electron chi connectivity index (χ1n) is 7.64. The smallest absolute Gasteiger partial charge is 0.253 e. The molecule has 7 heteroatoms. The topological polar surface area (TPSA) is 54.5 Å². The van der Waals surface area contributed by atoms with E-state index in [0.717, 1.165) is 37.7 Å². The van der Waals surface area contributed by atoms with Crippen LogP contribution in [0, 0.1) is 0 Å². The monoisotopic (exact) mass is 365 g/mol. The average molecular weight is 366 g/mol. The van der Waals surface area contributed by atoms with Gasteiger partial charge in [0.1, 0.15) is 5.82 Å². The van der Waals surface area contributed by atoms with E-state index in [-0.39, 0.29) is 5.91 Å². The third kappa shape index (κ3) is 4.17. The van der Waals surface area contributed by atoms with E-state index in [9.17, 15) is 4.79 Å². The van der Waals surface area contributed by atoms with Crippen molar-refractivity contribution in [3.05, 3.63) is 57.7 Å². The van der Waals surface area contributed by atoms with E-state index in [1.165, 1.54) is 0 Å². The molecule has 3 rings (SSSR count). The molecule has 1 aliphatic heterocycles. The third-order valence-electron chi connectivity index (χ3n) is 3.77. The fraction of sp³-hybridized carbons (Fsp3) is 0.294. The van der Waals surface area contributed by atoms with Gasteiger partial charge in [-0.05, 0) is 29.8 Å². The zero-order chi connectivity index (χ0) is 16.9. The lowest BCUT2D eigenvalue weighted by Crippen LogP contribution is -2.36. The second-order valence-electron chi connectivity index (χ2n) is 5.43. The van der Waals surface area contributed by atoms with E-state index in [1.54, 1.807) is 24.4 Å². The number of nitrogens with zero attached hydrogens (tertiary/aromatic N) is 2. The van der Waals surface area contributed by atoms with E-state index in [4.69, 9.17) is 27.9 Å². The quantitative estimate of drug-likeness (QED) is 0.903. The predicted octanol–water partition coefficient (Wildman–Crippen LogP) is 3.16.